The minimum atomic E-state index is -3.42. The molecule has 1 atom stereocenters. The summed E-state index contributed by atoms with van der Waals surface area (Å²) in [7, 11) is -3.42. The number of rotatable bonds is 6. The molecule has 1 aliphatic heterocycles. The first-order valence-electron chi connectivity index (χ1n) is 12.2. The topological polar surface area (TPSA) is 103 Å². The first kappa shape index (κ1) is 25.5. The van der Waals surface area contributed by atoms with Gasteiger partial charge in [-0.25, -0.2) is 12.8 Å². The van der Waals surface area contributed by atoms with E-state index in [2.05, 4.69) is 10.3 Å². The molecule has 0 aliphatic carbocycles. The van der Waals surface area contributed by atoms with Crippen LogP contribution < -0.4 is 10.2 Å². The van der Waals surface area contributed by atoms with Gasteiger partial charge in [0.15, 0.2) is 9.84 Å². The zero-order valence-corrected chi connectivity index (χ0v) is 21.5. The number of aromatic nitrogens is 1. The summed E-state index contributed by atoms with van der Waals surface area (Å²) in [4.78, 5) is 33.8. The number of fused-ring (bicyclic) bond motifs is 1. The smallest absolute Gasteiger partial charge is 0.252 e. The van der Waals surface area contributed by atoms with E-state index in [9.17, 15) is 22.4 Å². The van der Waals surface area contributed by atoms with Crippen LogP contribution in [0.4, 0.5) is 10.1 Å². The van der Waals surface area contributed by atoms with Crippen LogP contribution >= 0.6 is 0 Å². The van der Waals surface area contributed by atoms with E-state index < -0.39 is 27.6 Å². The molecule has 38 heavy (non-hydrogen) atoms. The van der Waals surface area contributed by atoms with E-state index in [4.69, 9.17) is 0 Å². The lowest BCUT2D eigenvalue weighted by atomic mass is 10.0. The van der Waals surface area contributed by atoms with Crippen LogP contribution in [0.15, 0.2) is 83.9 Å². The number of nitrogens with one attached hydrogen (secondary N) is 2. The van der Waals surface area contributed by atoms with Crippen LogP contribution in [0.3, 0.4) is 0 Å². The number of hydrogen-bond donors (Lipinski definition) is 2. The fourth-order valence-electron chi connectivity index (χ4n) is 4.73. The van der Waals surface area contributed by atoms with Gasteiger partial charge in [0.25, 0.3) is 5.91 Å². The summed E-state index contributed by atoms with van der Waals surface area (Å²) in [5.41, 5.74) is 2.26. The molecule has 196 valence electrons. The molecular weight excluding hydrogens is 507 g/mol. The maximum absolute atomic E-state index is 13.7. The van der Waals surface area contributed by atoms with Crippen molar-refractivity contribution in [2.24, 2.45) is 0 Å². The van der Waals surface area contributed by atoms with Crippen molar-refractivity contribution in [3.8, 4) is 0 Å². The second-order valence-corrected chi connectivity index (χ2v) is 11.3. The summed E-state index contributed by atoms with van der Waals surface area (Å²) in [6.07, 6.45) is 2.96. The Bertz CT molecular complexity index is 1590. The molecular formula is C28H27FN4O4S. The van der Waals surface area contributed by atoms with Gasteiger partial charge in [0.1, 0.15) is 11.9 Å². The van der Waals surface area contributed by atoms with Gasteiger partial charge in [0.2, 0.25) is 5.91 Å². The number of benzene rings is 3. The Morgan fingerprint density at radius 1 is 0.947 bits per heavy atom. The number of piperazine rings is 1. The number of carbonyl (C=O) groups is 2. The van der Waals surface area contributed by atoms with Crippen molar-refractivity contribution in [1.29, 1.82) is 0 Å². The fraction of sp³-hybridized carbons (Fsp3) is 0.214. The fourth-order valence-corrected chi connectivity index (χ4v) is 5.63. The molecule has 8 nitrogen and oxygen atoms in total. The first-order valence-corrected chi connectivity index (χ1v) is 14.1. The van der Waals surface area contributed by atoms with E-state index in [-0.39, 0.29) is 10.8 Å². The quantitative estimate of drug-likeness (QED) is 0.394. The molecule has 1 aromatic heterocycles. The molecule has 0 saturated carbocycles. The van der Waals surface area contributed by atoms with Crippen LogP contribution in [0.2, 0.25) is 0 Å². The van der Waals surface area contributed by atoms with E-state index in [0.717, 1.165) is 10.9 Å². The van der Waals surface area contributed by atoms with E-state index in [1.54, 1.807) is 47.5 Å². The summed E-state index contributed by atoms with van der Waals surface area (Å²) >= 11 is 0. The molecule has 2 amide bonds. The van der Waals surface area contributed by atoms with Gasteiger partial charge in [0, 0.05) is 49.7 Å². The number of amides is 2. The van der Waals surface area contributed by atoms with E-state index in [1.165, 1.54) is 30.5 Å². The van der Waals surface area contributed by atoms with Crippen molar-refractivity contribution >= 4 is 38.2 Å². The standard InChI is InChI=1S/C28H27FN4O4S/c1-38(36,37)25-5-3-2-4-24(25)32-14-16-33(17-15-32)28(35)26(20-8-10-22(29)11-9-20)31-27(34)21-7-6-19-12-13-30-23(19)18-21/h2-13,18,26,30H,14-17H2,1H3,(H,31,34). The number of para-hydroxylation sites is 1. The predicted octanol–water partition coefficient (Wildman–Crippen LogP) is 3.53. The minimum absolute atomic E-state index is 0.246. The molecule has 3 aromatic carbocycles. The van der Waals surface area contributed by atoms with Crippen molar-refractivity contribution in [1.82, 2.24) is 15.2 Å². The van der Waals surface area contributed by atoms with Crippen LogP contribution in [0, 0.1) is 5.82 Å². The van der Waals surface area contributed by atoms with Gasteiger partial charge in [-0.2, -0.15) is 0 Å². The Kier molecular flexibility index (Phi) is 6.90. The highest BCUT2D eigenvalue weighted by Crippen LogP contribution is 2.27. The van der Waals surface area contributed by atoms with Crippen LogP contribution in [-0.4, -0.2) is 62.6 Å². The Morgan fingerprint density at radius 3 is 2.37 bits per heavy atom. The molecule has 2 N–H and O–H groups in total. The van der Waals surface area contributed by atoms with Crippen molar-refractivity contribution < 1.29 is 22.4 Å². The number of anilines is 1. The van der Waals surface area contributed by atoms with Crippen LogP contribution in [-0.2, 0) is 14.6 Å². The highest BCUT2D eigenvalue weighted by atomic mass is 32.2. The maximum Gasteiger partial charge on any atom is 0.252 e. The van der Waals surface area contributed by atoms with Crippen molar-refractivity contribution in [2.75, 3.05) is 37.3 Å². The number of halogens is 1. The lowest BCUT2D eigenvalue weighted by Crippen LogP contribution is -2.52. The first-order chi connectivity index (χ1) is 18.2. The highest BCUT2D eigenvalue weighted by molar-refractivity contribution is 7.90. The molecule has 4 aromatic rings. The molecule has 2 heterocycles. The SMILES string of the molecule is CS(=O)(=O)c1ccccc1N1CCN(C(=O)C(NC(=O)c2ccc3cc[nH]c3c2)c2ccc(F)cc2)CC1. The van der Waals surface area contributed by atoms with Crippen LogP contribution in [0.25, 0.3) is 10.9 Å². The zero-order valence-electron chi connectivity index (χ0n) is 20.7. The monoisotopic (exact) mass is 534 g/mol. The third kappa shape index (κ3) is 5.26. The molecule has 10 heteroatoms. The van der Waals surface area contributed by atoms with E-state index in [0.29, 0.717) is 43.0 Å². The number of nitrogens with zero attached hydrogens (tertiary/aromatic N) is 2. The Labute approximate surface area is 220 Å². The maximum atomic E-state index is 13.7. The van der Waals surface area contributed by atoms with Gasteiger partial charge in [-0.15, -0.1) is 0 Å². The molecule has 0 bridgehead atoms. The van der Waals surface area contributed by atoms with Gasteiger partial charge in [-0.1, -0.05) is 30.3 Å². The molecule has 0 radical (unpaired) electrons. The van der Waals surface area contributed by atoms with Gasteiger partial charge in [-0.05, 0) is 53.4 Å². The molecule has 1 fully saturated rings. The third-order valence-corrected chi connectivity index (χ3v) is 7.88. The average Bonchev–Trinajstić information content (AvgIpc) is 3.40. The predicted molar refractivity (Wildman–Crippen MR) is 143 cm³/mol. The lowest BCUT2D eigenvalue weighted by Gasteiger charge is -2.38. The Balaban J connectivity index is 1.35. The highest BCUT2D eigenvalue weighted by Gasteiger charge is 2.31. The van der Waals surface area contributed by atoms with E-state index in [1.807, 2.05) is 17.0 Å². The van der Waals surface area contributed by atoms with Gasteiger partial charge < -0.3 is 20.1 Å². The Morgan fingerprint density at radius 2 is 1.66 bits per heavy atom. The second kappa shape index (κ2) is 10.3. The van der Waals surface area contributed by atoms with Crippen molar-refractivity contribution in [3.05, 3.63) is 95.9 Å². The zero-order chi connectivity index (χ0) is 26.9. The summed E-state index contributed by atoms with van der Waals surface area (Å²) in [5, 5.41) is 3.80. The van der Waals surface area contributed by atoms with Crippen LogP contribution in [0.5, 0.6) is 0 Å². The van der Waals surface area contributed by atoms with E-state index >= 15 is 0 Å². The summed E-state index contributed by atoms with van der Waals surface area (Å²) in [5.74, 6) is -1.19. The largest absolute Gasteiger partial charge is 0.367 e. The molecule has 1 saturated heterocycles. The summed E-state index contributed by atoms with van der Waals surface area (Å²) in [6, 6.07) is 18.4. The number of carbonyl (C=O) groups excluding carboxylic acids is 2. The van der Waals surface area contributed by atoms with Gasteiger partial charge >= 0.3 is 0 Å². The summed E-state index contributed by atoms with van der Waals surface area (Å²) in [6.45, 7) is 1.51. The van der Waals surface area contributed by atoms with Gasteiger partial charge in [0.05, 0.1) is 10.6 Å². The number of sulfone groups is 1. The lowest BCUT2D eigenvalue weighted by molar-refractivity contribution is -0.133. The van der Waals surface area contributed by atoms with Crippen molar-refractivity contribution in [3.63, 3.8) is 0 Å². The average molecular weight is 535 g/mol. The minimum Gasteiger partial charge on any atom is -0.367 e. The molecule has 5 rings (SSSR count). The van der Waals surface area contributed by atoms with Crippen molar-refractivity contribution in [2.45, 2.75) is 10.9 Å². The van der Waals surface area contributed by atoms with Crippen LogP contribution in [0.1, 0.15) is 22.0 Å². The molecule has 0 spiro atoms. The molecule has 1 unspecified atom stereocenters. The number of H-pyrrole nitrogens is 1. The molecule has 1 aliphatic rings. The van der Waals surface area contributed by atoms with Gasteiger partial charge in [-0.3, -0.25) is 9.59 Å². The summed E-state index contributed by atoms with van der Waals surface area (Å²) < 4.78 is 38.1. The number of aromatic amines is 1. The second-order valence-electron chi connectivity index (χ2n) is 9.29. The Hall–Kier alpha value is -4.18. The third-order valence-electron chi connectivity index (χ3n) is 6.74. The number of hydrogen-bond acceptors (Lipinski definition) is 5. The normalized spacial score (nSPS) is 14.9.